The second-order valence-corrected chi connectivity index (χ2v) is 6.70. The van der Waals surface area contributed by atoms with Gasteiger partial charge in [0, 0.05) is 35.2 Å². The molecule has 0 aliphatic heterocycles. The van der Waals surface area contributed by atoms with Gasteiger partial charge in [-0.3, -0.25) is 9.97 Å². The van der Waals surface area contributed by atoms with E-state index in [0.29, 0.717) is 49.5 Å². The zero-order valence-corrected chi connectivity index (χ0v) is 17.2. The number of aliphatic hydroxyl groups is 1. The zero-order valence-electron chi connectivity index (χ0n) is 16.4. The average molecular weight is 430 g/mol. The first-order chi connectivity index (χ1) is 14.7. The Kier molecular flexibility index (Phi) is 8.80. The van der Waals surface area contributed by atoms with Gasteiger partial charge >= 0.3 is 0 Å². The summed E-state index contributed by atoms with van der Waals surface area (Å²) in [7, 11) is 0. The molecule has 1 aromatic carbocycles. The van der Waals surface area contributed by atoms with E-state index in [-0.39, 0.29) is 6.61 Å². The van der Waals surface area contributed by atoms with Gasteiger partial charge in [-0.15, -0.1) is 0 Å². The Morgan fingerprint density at radius 3 is 2.57 bits per heavy atom. The Morgan fingerprint density at radius 2 is 1.73 bits per heavy atom. The zero-order chi connectivity index (χ0) is 21.0. The molecule has 0 unspecified atom stereocenters. The molecule has 3 rings (SSSR count). The van der Waals surface area contributed by atoms with Gasteiger partial charge < -0.3 is 25.2 Å². The number of halogens is 1. The molecular formula is C21H24ClN5O3. The van der Waals surface area contributed by atoms with Crippen LogP contribution in [0.25, 0.3) is 11.3 Å². The predicted octanol–water partition coefficient (Wildman–Crippen LogP) is 3.37. The molecule has 0 atom stereocenters. The molecule has 0 bridgehead atoms. The van der Waals surface area contributed by atoms with Crippen molar-refractivity contribution in [3.8, 4) is 11.3 Å². The molecule has 158 valence electrons. The van der Waals surface area contributed by atoms with Gasteiger partial charge in [0.15, 0.2) is 0 Å². The van der Waals surface area contributed by atoms with Crippen LogP contribution in [-0.2, 0) is 9.47 Å². The van der Waals surface area contributed by atoms with Crippen molar-refractivity contribution in [1.82, 2.24) is 15.0 Å². The summed E-state index contributed by atoms with van der Waals surface area (Å²) in [6.07, 6.45) is 6.84. The number of ether oxygens (including phenoxy) is 2. The summed E-state index contributed by atoms with van der Waals surface area (Å²) >= 11 is 6.03. The predicted molar refractivity (Wildman–Crippen MR) is 117 cm³/mol. The van der Waals surface area contributed by atoms with E-state index in [4.69, 9.17) is 26.2 Å². The molecule has 0 aliphatic rings. The van der Waals surface area contributed by atoms with E-state index in [1.54, 1.807) is 24.8 Å². The maximum Gasteiger partial charge on any atom is 0.149 e. The van der Waals surface area contributed by atoms with Crippen LogP contribution in [0.2, 0.25) is 5.02 Å². The molecule has 0 fully saturated rings. The minimum Gasteiger partial charge on any atom is -0.394 e. The van der Waals surface area contributed by atoms with Gasteiger partial charge in [0.25, 0.3) is 0 Å². The molecule has 3 N–H and O–H groups in total. The Labute approximate surface area is 180 Å². The average Bonchev–Trinajstić information content (AvgIpc) is 2.76. The molecule has 3 aromatic rings. The van der Waals surface area contributed by atoms with E-state index in [0.717, 1.165) is 16.9 Å². The molecule has 0 aliphatic carbocycles. The van der Waals surface area contributed by atoms with Gasteiger partial charge in [0.05, 0.1) is 56.8 Å². The van der Waals surface area contributed by atoms with E-state index in [1.807, 2.05) is 30.3 Å². The largest absolute Gasteiger partial charge is 0.394 e. The van der Waals surface area contributed by atoms with Crippen molar-refractivity contribution in [3.63, 3.8) is 0 Å². The van der Waals surface area contributed by atoms with Crippen LogP contribution < -0.4 is 10.6 Å². The van der Waals surface area contributed by atoms with Gasteiger partial charge in [-0.1, -0.05) is 17.7 Å². The van der Waals surface area contributed by atoms with Crippen molar-refractivity contribution >= 4 is 28.8 Å². The van der Waals surface area contributed by atoms with Crippen LogP contribution in [-0.4, -0.2) is 59.6 Å². The number of hydrogen-bond donors (Lipinski definition) is 3. The monoisotopic (exact) mass is 429 g/mol. The lowest BCUT2D eigenvalue weighted by Gasteiger charge is -2.10. The van der Waals surface area contributed by atoms with Gasteiger partial charge in [-0.05, 0) is 24.3 Å². The third-order valence-electron chi connectivity index (χ3n) is 3.95. The Hall–Kier alpha value is -2.78. The molecule has 0 saturated carbocycles. The summed E-state index contributed by atoms with van der Waals surface area (Å²) in [6.45, 7) is 2.48. The fraction of sp³-hybridized carbons (Fsp3) is 0.286. The summed E-state index contributed by atoms with van der Waals surface area (Å²) < 4.78 is 10.6. The number of hydrogen-bond acceptors (Lipinski definition) is 8. The summed E-state index contributed by atoms with van der Waals surface area (Å²) in [5, 5.41) is 15.7. The quantitative estimate of drug-likeness (QED) is 0.377. The maximum absolute atomic E-state index is 8.63. The molecule has 0 radical (unpaired) electrons. The number of rotatable bonds is 12. The lowest BCUT2D eigenvalue weighted by Crippen LogP contribution is -2.13. The number of benzene rings is 1. The molecule has 9 heteroatoms. The van der Waals surface area contributed by atoms with Gasteiger partial charge in [0.1, 0.15) is 5.82 Å². The van der Waals surface area contributed by atoms with Crippen LogP contribution in [0, 0.1) is 0 Å². The number of nitrogens with one attached hydrogen (secondary N) is 2. The number of anilines is 3. The molecule has 0 saturated heterocycles. The Morgan fingerprint density at radius 1 is 0.900 bits per heavy atom. The van der Waals surface area contributed by atoms with E-state index in [2.05, 4.69) is 25.6 Å². The van der Waals surface area contributed by atoms with Crippen molar-refractivity contribution in [2.75, 3.05) is 50.2 Å². The highest BCUT2D eigenvalue weighted by atomic mass is 35.5. The Balaban J connectivity index is 1.54. The molecule has 0 spiro atoms. The first kappa shape index (κ1) is 21.9. The molecule has 8 nitrogen and oxygen atoms in total. The molecule has 30 heavy (non-hydrogen) atoms. The first-order valence-electron chi connectivity index (χ1n) is 9.55. The maximum atomic E-state index is 8.63. The van der Waals surface area contributed by atoms with Crippen molar-refractivity contribution in [2.24, 2.45) is 0 Å². The summed E-state index contributed by atoms with van der Waals surface area (Å²) in [4.78, 5) is 13.2. The minimum absolute atomic E-state index is 0.0227. The van der Waals surface area contributed by atoms with Crippen LogP contribution in [0.4, 0.5) is 17.2 Å². The third kappa shape index (κ3) is 7.23. The van der Waals surface area contributed by atoms with E-state index < -0.39 is 0 Å². The Bertz CT molecular complexity index is 928. The van der Waals surface area contributed by atoms with Crippen LogP contribution in [0.1, 0.15) is 0 Å². The normalized spacial score (nSPS) is 10.7. The molecule has 2 heterocycles. The summed E-state index contributed by atoms with van der Waals surface area (Å²) in [5.74, 6) is 0.616. The number of pyridine rings is 1. The highest BCUT2D eigenvalue weighted by Gasteiger charge is 2.05. The highest BCUT2D eigenvalue weighted by Crippen LogP contribution is 2.22. The second-order valence-electron chi connectivity index (χ2n) is 6.26. The number of nitrogens with zero attached hydrogens (tertiary/aromatic N) is 3. The van der Waals surface area contributed by atoms with E-state index in [9.17, 15) is 0 Å². The molecule has 0 amide bonds. The summed E-state index contributed by atoms with van der Waals surface area (Å²) in [5.41, 5.74) is 3.25. The van der Waals surface area contributed by atoms with Gasteiger partial charge in [-0.2, -0.15) is 0 Å². The first-order valence-corrected chi connectivity index (χ1v) is 9.92. The standard InChI is InChI=1S/C21H24ClN5O3/c22-17-2-1-3-18(11-17)26-21-15-24-14-20(27-21)16-10-19(13-23-12-16)25-4-6-29-8-9-30-7-5-28/h1-3,10-15,25,28H,4-9H2,(H,26,27). The van der Waals surface area contributed by atoms with Gasteiger partial charge in [-0.25, -0.2) is 4.98 Å². The smallest absolute Gasteiger partial charge is 0.149 e. The lowest BCUT2D eigenvalue weighted by atomic mass is 10.2. The van der Waals surface area contributed by atoms with Crippen molar-refractivity contribution in [3.05, 3.63) is 60.1 Å². The van der Waals surface area contributed by atoms with Crippen molar-refractivity contribution in [2.45, 2.75) is 0 Å². The highest BCUT2D eigenvalue weighted by molar-refractivity contribution is 6.30. The number of aliphatic hydroxyl groups excluding tert-OH is 1. The number of aromatic nitrogens is 3. The molecule has 2 aromatic heterocycles. The fourth-order valence-corrected chi connectivity index (χ4v) is 2.80. The van der Waals surface area contributed by atoms with Crippen molar-refractivity contribution < 1.29 is 14.6 Å². The second kappa shape index (κ2) is 12.0. The SMILES string of the molecule is OCCOCCOCCNc1cncc(-c2cncc(Nc3cccc(Cl)c3)n2)c1. The van der Waals surface area contributed by atoms with Crippen LogP contribution in [0.15, 0.2) is 55.1 Å². The third-order valence-corrected chi connectivity index (χ3v) is 4.18. The van der Waals surface area contributed by atoms with Crippen LogP contribution in [0.5, 0.6) is 0 Å². The molecular weight excluding hydrogens is 406 g/mol. The van der Waals surface area contributed by atoms with Crippen LogP contribution in [0.3, 0.4) is 0 Å². The summed E-state index contributed by atoms with van der Waals surface area (Å²) in [6, 6.07) is 9.38. The van der Waals surface area contributed by atoms with E-state index >= 15 is 0 Å². The minimum atomic E-state index is 0.0227. The van der Waals surface area contributed by atoms with Crippen LogP contribution >= 0.6 is 11.6 Å². The fourth-order valence-electron chi connectivity index (χ4n) is 2.61. The lowest BCUT2D eigenvalue weighted by molar-refractivity contribution is 0.0361. The van der Waals surface area contributed by atoms with E-state index in [1.165, 1.54) is 0 Å². The van der Waals surface area contributed by atoms with Crippen molar-refractivity contribution in [1.29, 1.82) is 0 Å². The van der Waals surface area contributed by atoms with Gasteiger partial charge in [0.2, 0.25) is 0 Å². The topological polar surface area (TPSA) is 101 Å².